The van der Waals surface area contributed by atoms with E-state index >= 15 is 0 Å². The smallest absolute Gasteiger partial charge is 0.326 e. The zero-order chi connectivity index (χ0) is 23.0. The van der Waals surface area contributed by atoms with Gasteiger partial charge in [-0.2, -0.15) is 0 Å². The Labute approximate surface area is 208 Å². The van der Waals surface area contributed by atoms with Crippen LogP contribution < -0.4 is 5.32 Å². The predicted octanol–water partition coefficient (Wildman–Crippen LogP) is 5.49. The molecule has 0 saturated heterocycles. The number of carbonyl (C=O) groups is 4. The Morgan fingerprint density at radius 2 is 1.48 bits per heavy atom. The molecule has 0 bridgehead atoms. The molecule has 2 aromatic carbocycles. The van der Waals surface area contributed by atoms with Gasteiger partial charge in [0.15, 0.2) is 6.61 Å². The maximum absolute atomic E-state index is 12.6. The van der Waals surface area contributed by atoms with E-state index in [9.17, 15) is 19.2 Å². The topological polar surface area (TPSA) is 92.8 Å². The Morgan fingerprint density at radius 3 is 2.00 bits per heavy atom. The zero-order valence-electron chi connectivity index (χ0n) is 14.9. The summed E-state index contributed by atoms with van der Waals surface area (Å²) in [6.07, 6.45) is 0. The first-order valence-corrected chi connectivity index (χ1v) is 10.8. The van der Waals surface area contributed by atoms with Crippen molar-refractivity contribution in [2.24, 2.45) is 0 Å². The minimum atomic E-state index is -1.02. The number of imide groups is 1. The molecule has 0 radical (unpaired) electrons. The Bertz CT molecular complexity index is 1110. The fraction of sp³-hybridized carbons (Fsp3) is 0.111. The Balaban J connectivity index is 1.65. The molecule has 0 atom stereocenters. The van der Waals surface area contributed by atoms with E-state index in [1.54, 1.807) is 18.2 Å². The highest BCUT2D eigenvalue weighted by atomic mass is 79.9. The Hall–Kier alpha value is -1.55. The van der Waals surface area contributed by atoms with Gasteiger partial charge in [-0.05, 0) is 18.2 Å². The van der Waals surface area contributed by atoms with Gasteiger partial charge in [0, 0.05) is 4.47 Å². The summed E-state index contributed by atoms with van der Waals surface area (Å²) in [5, 5.41) is 1.83. The molecule has 0 unspecified atom stereocenters. The third kappa shape index (κ3) is 4.79. The summed E-state index contributed by atoms with van der Waals surface area (Å²) in [7, 11) is 0. The van der Waals surface area contributed by atoms with Crippen LogP contribution >= 0.6 is 73.9 Å². The molecule has 3 amide bonds. The summed E-state index contributed by atoms with van der Waals surface area (Å²) in [4.78, 5) is 49.8. The van der Waals surface area contributed by atoms with Gasteiger partial charge < -0.3 is 10.1 Å². The second-order valence-corrected chi connectivity index (χ2v) is 8.87. The average Bonchev–Trinajstić information content (AvgIpc) is 2.96. The van der Waals surface area contributed by atoms with E-state index in [0.717, 1.165) is 0 Å². The monoisotopic (exact) mass is 586 g/mol. The number of hydrogen-bond donors (Lipinski definition) is 1. The van der Waals surface area contributed by atoms with E-state index in [-0.39, 0.29) is 36.2 Å². The number of nitrogens with zero attached hydrogens (tertiary/aromatic N) is 1. The lowest BCUT2D eigenvalue weighted by molar-refractivity contribution is -0.147. The molecular weight excluding hydrogens is 581 g/mol. The number of carbonyl (C=O) groups excluding carboxylic acids is 4. The fourth-order valence-electron chi connectivity index (χ4n) is 2.64. The molecule has 2 aromatic rings. The molecule has 0 fully saturated rings. The third-order valence-corrected chi connectivity index (χ3v) is 6.65. The predicted molar refractivity (Wildman–Crippen MR) is 121 cm³/mol. The van der Waals surface area contributed by atoms with Gasteiger partial charge in [0.1, 0.15) is 6.54 Å². The second-order valence-electron chi connectivity index (χ2n) is 6.04. The maximum Gasteiger partial charge on any atom is 0.326 e. The van der Waals surface area contributed by atoms with E-state index in [0.29, 0.717) is 15.1 Å². The summed E-state index contributed by atoms with van der Waals surface area (Å²) in [5.74, 6) is -3.48. The van der Waals surface area contributed by atoms with Crippen LogP contribution in [0.1, 0.15) is 20.7 Å². The lowest BCUT2D eigenvalue weighted by Gasteiger charge is -2.13. The van der Waals surface area contributed by atoms with Crippen molar-refractivity contribution in [1.29, 1.82) is 0 Å². The van der Waals surface area contributed by atoms with Crippen LogP contribution in [-0.2, 0) is 14.3 Å². The molecule has 0 aliphatic carbocycles. The van der Waals surface area contributed by atoms with Crippen LogP contribution in [-0.4, -0.2) is 41.7 Å². The minimum absolute atomic E-state index is 0.194. The quantitative estimate of drug-likeness (QED) is 0.216. The van der Waals surface area contributed by atoms with Crippen LogP contribution in [0.5, 0.6) is 0 Å². The van der Waals surface area contributed by atoms with E-state index in [1.807, 2.05) is 0 Å². The van der Waals surface area contributed by atoms with Crippen LogP contribution in [0.25, 0.3) is 0 Å². The number of nitrogens with one attached hydrogen (secondary N) is 1. The lowest BCUT2D eigenvalue weighted by atomic mass is 10.1. The third-order valence-electron chi connectivity index (χ3n) is 4.04. The van der Waals surface area contributed by atoms with Crippen molar-refractivity contribution < 1.29 is 23.9 Å². The average molecular weight is 589 g/mol. The minimum Gasteiger partial charge on any atom is -0.454 e. The van der Waals surface area contributed by atoms with Gasteiger partial charge in [0.05, 0.1) is 41.9 Å². The molecule has 0 saturated carbocycles. The van der Waals surface area contributed by atoms with Crippen LogP contribution in [0.15, 0.2) is 22.7 Å². The van der Waals surface area contributed by atoms with Gasteiger partial charge >= 0.3 is 5.97 Å². The molecule has 0 aromatic heterocycles. The van der Waals surface area contributed by atoms with E-state index in [4.69, 9.17) is 62.7 Å². The van der Waals surface area contributed by atoms with Crippen molar-refractivity contribution in [2.75, 3.05) is 18.5 Å². The summed E-state index contributed by atoms with van der Waals surface area (Å²) in [5.41, 5.74) is -0.215. The number of amides is 3. The highest BCUT2D eigenvalue weighted by Gasteiger charge is 2.42. The first-order chi connectivity index (χ1) is 14.5. The van der Waals surface area contributed by atoms with Crippen LogP contribution in [0, 0.1) is 0 Å². The molecule has 1 N–H and O–H groups in total. The highest BCUT2D eigenvalue weighted by Crippen LogP contribution is 2.44. The van der Waals surface area contributed by atoms with Gasteiger partial charge in [0.25, 0.3) is 17.7 Å². The molecule has 1 aliphatic heterocycles. The molecule has 0 spiro atoms. The molecule has 1 heterocycles. The van der Waals surface area contributed by atoms with Crippen LogP contribution in [0.3, 0.4) is 0 Å². The number of ether oxygens (including phenoxy) is 1. The molecule has 13 heteroatoms. The van der Waals surface area contributed by atoms with Crippen molar-refractivity contribution >= 4 is 103 Å². The van der Waals surface area contributed by atoms with Crippen molar-refractivity contribution in [3.05, 3.63) is 58.9 Å². The highest BCUT2D eigenvalue weighted by molar-refractivity contribution is 9.10. The van der Waals surface area contributed by atoms with Gasteiger partial charge in [0.2, 0.25) is 0 Å². The van der Waals surface area contributed by atoms with Crippen molar-refractivity contribution in [1.82, 2.24) is 4.90 Å². The summed E-state index contributed by atoms with van der Waals surface area (Å²) in [6, 6.07) is 4.78. The van der Waals surface area contributed by atoms with Crippen molar-refractivity contribution in [2.45, 2.75) is 0 Å². The van der Waals surface area contributed by atoms with Gasteiger partial charge in [-0.3, -0.25) is 24.1 Å². The first-order valence-electron chi connectivity index (χ1n) is 8.15. The Kier molecular flexibility index (Phi) is 7.40. The lowest BCUT2D eigenvalue weighted by Crippen LogP contribution is -2.36. The van der Waals surface area contributed by atoms with Crippen molar-refractivity contribution in [3.63, 3.8) is 0 Å². The molecule has 31 heavy (non-hydrogen) atoms. The fourth-order valence-corrected chi connectivity index (χ4v) is 4.37. The summed E-state index contributed by atoms with van der Waals surface area (Å²) in [6.45, 7) is -1.45. The maximum atomic E-state index is 12.6. The van der Waals surface area contributed by atoms with E-state index < -0.39 is 36.8 Å². The zero-order valence-corrected chi connectivity index (χ0v) is 20.3. The van der Waals surface area contributed by atoms with Crippen molar-refractivity contribution in [3.8, 4) is 0 Å². The van der Waals surface area contributed by atoms with E-state index in [2.05, 4.69) is 21.2 Å². The van der Waals surface area contributed by atoms with Gasteiger partial charge in [-0.25, -0.2) is 0 Å². The Morgan fingerprint density at radius 1 is 0.935 bits per heavy atom. The molecule has 3 rings (SSSR count). The first kappa shape index (κ1) is 24.1. The van der Waals surface area contributed by atoms with Crippen LogP contribution in [0.2, 0.25) is 25.1 Å². The van der Waals surface area contributed by atoms with Crippen LogP contribution in [0.4, 0.5) is 5.69 Å². The molecular formula is C18H8BrCl5N2O5. The van der Waals surface area contributed by atoms with E-state index in [1.165, 1.54) is 0 Å². The summed E-state index contributed by atoms with van der Waals surface area (Å²) >= 11 is 33.1. The number of esters is 1. The molecule has 1 aliphatic rings. The van der Waals surface area contributed by atoms with Gasteiger partial charge in [-0.15, -0.1) is 0 Å². The second kappa shape index (κ2) is 9.52. The molecule has 162 valence electrons. The normalized spacial score (nSPS) is 12.8. The standard InChI is InChI=1S/C18H8BrCl5N2O5/c19-6-1-2-8(7(20)3-6)25-9(27)5-31-10(28)4-26-17(29)11-12(18(26)30)14(22)16(24)15(23)13(11)21/h1-3H,4-5H2,(H,25,27). The number of anilines is 1. The SMILES string of the molecule is O=C(COC(=O)CN1C(=O)c2c(Cl)c(Cl)c(Cl)c(Cl)c2C1=O)Nc1ccc(Br)cc1Cl. The largest absolute Gasteiger partial charge is 0.454 e. The number of fused-ring (bicyclic) bond motifs is 1. The molecule has 7 nitrogen and oxygen atoms in total. The number of benzene rings is 2. The number of hydrogen-bond acceptors (Lipinski definition) is 5. The summed E-state index contributed by atoms with van der Waals surface area (Å²) < 4.78 is 5.55. The number of halogens is 6. The van der Waals surface area contributed by atoms with Gasteiger partial charge in [-0.1, -0.05) is 73.9 Å². The number of rotatable bonds is 5.